The summed E-state index contributed by atoms with van der Waals surface area (Å²) in [6.07, 6.45) is -17.4. The Kier molecular flexibility index (Phi) is 4.86. The lowest BCUT2D eigenvalue weighted by molar-refractivity contribution is -0.514. The highest BCUT2D eigenvalue weighted by molar-refractivity contribution is 4.96. The number of halogens is 12. The van der Waals surface area contributed by atoms with E-state index in [0.29, 0.717) is 0 Å². The molecular weight excluding hydrogens is 332 g/mol. The SMILES string of the molecule is FC(F)=C(F)OOC(F)(F)C(F)(F)C(F)(F)C(F)(F)F. The topological polar surface area (TPSA) is 18.5 Å². The van der Waals surface area contributed by atoms with Crippen LogP contribution in [0.25, 0.3) is 0 Å². The Bertz CT molecular complexity index is 378. The molecule has 20 heavy (non-hydrogen) atoms. The second-order valence-electron chi connectivity index (χ2n) is 2.86. The quantitative estimate of drug-likeness (QED) is 0.322. The van der Waals surface area contributed by atoms with Crippen LogP contribution < -0.4 is 0 Å². The van der Waals surface area contributed by atoms with Crippen LogP contribution in [0.4, 0.5) is 52.7 Å². The second-order valence-corrected chi connectivity index (χ2v) is 2.86. The third-order valence-electron chi connectivity index (χ3n) is 1.48. The molecular formula is C6F12O2. The Morgan fingerprint density at radius 1 is 0.650 bits per heavy atom. The van der Waals surface area contributed by atoms with Crippen LogP contribution in [0.2, 0.25) is 0 Å². The van der Waals surface area contributed by atoms with Crippen molar-refractivity contribution in [3.63, 3.8) is 0 Å². The molecule has 0 saturated heterocycles. The molecule has 0 spiro atoms. The molecule has 0 aromatic heterocycles. The van der Waals surface area contributed by atoms with Gasteiger partial charge in [0, 0.05) is 0 Å². The van der Waals surface area contributed by atoms with E-state index in [2.05, 4.69) is 4.89 Å². The molecule has 0 unspecified atom stereocenters. The van der Waals surface area contributed by atoms with Crippen LogP contribution in [0.1, 0.15) is 0 Å². The minimum atomic E-state index is -7.32. The fourth-order valence-corrected chi connectivity index (χ4v) is 0.534. The van der Waals surface area contributed by atoms with Crippen molar-refractivity contribution in [2.45, 2.75) is 24.1 Å². The van der Waals surface area contributed by atoms with Crippen molar-refractivity contribution in [2.24, 2.45) is 0 Å². The minimum absolute atomic E-state index is 1.92. The van der Waals surface area contributed by atoms with Crippen molar-refractivity contribution in [1.29, 1.82) is 0 Å². The van der Waals surface area contributed by atoms with Crippen molar-refractivity contribution in [3.8, 4) is 0 Å². The summed E-state index contributed by atoms with van der Waals surface area (Å²) in [7, 11) is 0. The van der Waals surface area contributed by atoms with Crippen molar-refractivity contribution in [3.05, 3.63) is 12.1 Å². The molecule has 0 N–H and O–H groups in total. The average molecular weight is 332 g/mol. The maximum Gasteiger partial charge on any atom is 0.461 e. The van der Waals surface area contributed by atoms with E-state index in [1.165, 1.54) is 0 Å². The van der Waals surface area contributed by atoms with Gasteiger partial charge < -0.3 is 0 Å². The van der Waals surface area contributed by atoms with Crippen LogP contribution in [0.5, 0.6) is 0 Å². The summed E-state index contributed by atoms with van der Waals surface area (Å²) in [6, 6.07) is -3.34. The third kappa shape index (κ3) is 3.21. The number of rotatable bonds is 5. The fraction of sp³-hybridized carbons (Fsp3) is 0.667. The van der Waals surface area contributed by atoms with E-state index in [4.69, 9.17) is 0 Å². The lowest BCUT2D eigenvalue weighted by Gasteiger charge is -2.31. The molecule has 0 radical (unpaired) electrons. The van der Waals surface area contributed by atoms with Crippen molar-refractivity contribution in [1.82, 2.24) is 0 Å². The van der Waals surface area contributed by atoms with Gasteiger partial charge in [-0.15, -0.1) is 4.89 Å². The van der Waals surface area contributed by atoms with Crippen LogP contribution in [0, 0.1) is 0 Å². The van der Waals surface area contributed by atoms with Gasteiger partial charge in [-0.05, 0) is 0 Å². The summed E-state index contributed by atoms with van der Waals surface area (Å²) in [5.74, 6) is -14.6. The first-order valence-electron chi connectivity index (χ1n) is 3.84. The highest BCUT2D eigenvalue weighted by Crippen LogP contribution is 2.53. The van der Waals surface area contributed by atoms with Crippen molar-refractivity contribution >= 4 is 0 Å². The molecule has 2 nitrogen and oxygen atoms in total. The van der Waals surface area contributed by atoms with Gasteiger partial charge in [-0.1, -0.05) is 0 Å². The van der Waals surface area contributed by atoms with Crippen LogP contribution in [0.3, 0.4) is 0 Å². The maximum absolute atomic E-state index is 12.4. The number of hydrogen-bond donors (Lipinski definition) is 0. The molecule has 0 rings (SSSR count). The van der Waals surface area contributed by atoms with Gasteiger partial charge in [0.25, 0.3) is 0 Å². The highest BCUT2D eigenvalue weighted by Gasteiger charge is 2.83. The highest BCUT2D eigenvalue weighted by atomic mass is 19.4. The zero-order valence-electron chi connectivity index (χ0n) is 8.35. The summed E-state index contributed by atoms with van der Waals surface area (Å²) >= 11 is 0. The van der Waals surface area contributed by atoms with Gasteiger partial charge in [0.05, 0.1) is 0 Å². The standard InChI is InChI=1S/C6F12O2/c7-1(8)2(9)19-20-6(17,18)4(12,13)3(10,11)5(14,15)16. The molecule has 0 heterocycles. The molecule has 0 aromatic carbocycles. The summed E-state index contributed by atoms with van der Waals surface area (Å²) in [6.45, 7) is 0. The van der Waals surface area contributed by atoms with E-state index in [-0.39, 0.29) is 0 Å². The first-order chi connectivity index (χ1) is 8.58. The van der Waals surface area contributed by atoms with Gasteiger partial charge in [0.15, 0.2) is 0 Å². The Balaban J connectivity index is 5.33. The van der Waals surface area contributed by atoms with Gasteiger partial charge in [0.2, 0.25) is 0 Å². The largest absolute Gasteiger partial charge is 0.461 e. The van der Waals surface area contributed by atoms with Crippen molar-refractivity contribution in [2.75, 3.05) is 0 Å². The van der Waals surface area contributed by atoms with E-state index in [1.54, 1.807) is 0 Å². The van der Waals surface area contributed by atoms with Crippen LogP contribution in [-0.4, -0.2) is 24.1 Å². The molecule has 0 atom stereocenters. The van der Waals surface area contributed by atoms with E-state index in [1.807, 2.05) is 4.89 Å². The molecule has 0 saturated carbocycles. The fourth-order valence-electron chi connectivity index (χ4n) is 0.534. The Morgan fingerprint density at radius 3 is 1.35 bits per heavy atom. The molecule has 14 heteroatoms. The predicted molar refractivity (Wildman–Crippen MR) is 33.4 cm³/mol. The molecule has 0 fully saturated rings. The summed E-state index contributed by atoms with van der Waals surface area (Å²) in [5.41, 5.74) is 0. The molecule has 0 bridgehead atoms. The maximum atomic E-state index is 12.4. The Hall–Kier alpha value is -1.34. The molecule has 0 aromatic rings. The second kappa shape index (κ2) is 5.21. The van der Waals surface area contributed by atoms with E-state index in [9.17, 15) is 52.7 Å². The summed E-state index contributed by atoms with van der Waals surface area (Å²) < 4.78 is 143. The Labute approximate surface area is 100 Å². The van der Waals surface area contributed by atoms with Gasteiger partial charge in [0.1, 0.15) is 0 Å². The van der Waals surface area contributed by atoms with Crippen LogP contribution in [-0.2, 0) is 9.78 Å². The lowest BCUT2D eigenvalue weighted by Crippen LogP contribution is -2.61. The van der Waals surface area contributed by atoms with Gasteiger partial charge in [-0.3, -0.25) is 4.89 Å². The lowest BCUT2D eigenvalue weighted by atomic mass is 10.1. The predicted octanol–water partition coefficient (Wildman–Crippen LogP) is 4.40. The average Bonchev–Trinajstić information content (AvgIpc) is 2.23. The zero-order chi connectivity index (χ0) is 16.6. The van der Waals surface area contributed by atoms with E-state index < -0.39 is 36.2 Å². The van der Waals surface area contributed by atoms with E-state index in [0.717, 1.165) is 0 Å². The number of alkyl halides is 9. The summed E-state index contributed by atoms with van der Waals surface area (Å²) in [4.78, 5) is 4.12. The molecule has 0 aliphatic carbocycles. The number of hydrogen-bond acceptors (Lipinski definition) is 2. The van der Waals surface area contributed by atoms with Crippen molar-refractivity contribution < 1.29 is 62.5 Å². The normalized spacial score (nSPS) is 14.2. The summed E-state index contributed by atoms with van der Waals surface area (Å²) in [5, 5.41) is 0. The molecule has 120 valence electrons. The molecule has 0 amide bonds. The third-order valence-corrected chi connectivity index (χ3v) is 1.48. The monoisotopic (exact) mass is 332 g/mol. The molecule has 0 aliphatic heterocycles. The van der Waals surface area contributed by atoms with Gasteiger partial charge >= 0.3 is 36.2 Å². The van der Waals surface area contributed by atoms with Gasteiger partial charge in [-0.2, -0.15) is 52.7 Å². The minimum Gasteiger partial charge on any atom is -0.294 e. The zero-order valence-corrected chi connectivity index (χ0v) is 8.35. The van der Waals surface area contributed by atoms with Crippen LogP contribution >= 0.6 is 0 Å². The Morgan fingerprint density at radius 2 is 1.05 bits per heavy atom. The van der Waals surface area contributed by atoms with Gasteiger partial charge in [-0.25, -0.2) is 0 Å². The first kappa shape index (κ1) is 18.7. The van der Waals surface area contributed by atoms with E-state index >= 15 is 0 Å². The smallest absolute Gasteiger partial charge is 0.294 e. The van der Waals surface area contributed by atoms with Crippen LogP contribution in [0.15, 0.2) is 12.1 Å². The molecule has 0 aliphatic rings. The first-order valence-corrected chi connectivity index (χ1v) is 3.84.